The fourth-order valence-corrected chi connectivity index (χ4v) is 26.1. The van der Waals surface area contributed by atoms with E-state index < -0.39 is 39.7 Å². The molecule has 9 fully saturated rings. The minimum absolute atomic E-state index is 0. The number of carboxylic acids is 1. The normalized spacial score (nSPS) is 36.4. The first-order chi connectivity index (χ1) is 46.9. The molecule has 11 rings (SSSR count). The molecule has 1 heterocycles. The summed E-state index contributed by atoms with van der Waals surface area (Å²) in [7, 11) is -3.41. The van der Waals surface area contributed by atoms with Crippen molar-refractivity contribution in [2.24, 2.45) is 116 Å². The zero-order chi connectivity index (χ0) is 73.5. The van der Waals surface area contributed by atoms with Gasteiger partial charge in [-0.05, 0) is 278 Å². The van der Waals surface area contributed by atoms with Crippen molar-refractivity contribution in [2.45, 2.75) is 294 Å². The molecule has 1 saturated heterocycles. The molecule has 9 aliphatic rings. The number of cyclic esters (lactones) is 1. The Morgan fingerprint density at radius 1 is 0.657 bits per heavy atom. The molecule has 572 valence electrons. The van der Waals surface area contributed by atoms with Gasteiger partial charge in [-0.25, -0.2) is 14.5 Å². The predicted octanol–water partition coefficient (Wildman–Crippen LogP) is 18.8. The summed E-state index contributed by atoms with van der Waals surface area (Å²) in [6.45, 7) is 46.9. The third-order valence-electron chi connectivity index (χ3n) is 27.8. The molecular formula is C85H139ClLiN2O11Si2-. The number of hydrogen-bond acceptors (Lipinski definition) is 11. The zero-order valence-electron chi connectivity index (χ0n) is 67.4. The SMILES string of the molecule is CC(C)(C)OC(=O)Cl.CC[C@H]1[C@@H](O[Si](C)(C)C)[C@@H]2[C@H](CC[C@]3(C)[C@@H]([C@H](C)CCC(=O)N4C(=O)OC[C@H]4Cc4ccccc4)CC[C@@H]23)[C@@]2(C)CC[C@@H](C)C[C@@H]12.CC[C@H]1[C@@H](O[Si](C)(C)C)[C@@H]2[C@H](CC[C@]3(C)[C@@H]([C@H](C)CCC(=O)O)CC[C@@H]23)[C@@]2(C)CC[C@@H](C)C[C@@H]12.N.O=[C-]OC[CH-]Cc1ccccc1.[Li+]. The van der Waals surface area contributed by atoms with E-state index >= 15 is 0 Å². The number of carboxylic acid groups (broad SMARTS) is 1. The molecule has 0 radical (unpaired) electrons. The van der Waals surface area contributed by atoms with E-state index in [4.69, 9.17) is 25.2 Å². The second-order valence-corrected chi connectivity index (χ2v) is 46.7. The van der Waals surface area contributed by atoms with Crippen LogP contribution in [0.15, 0.2) is 60.7 Å². The van der Waals surface area contributed by atoms with Crippen molar-refractivity contribution in [3.8, 4) is 0 Å². The van der Waals surface area contributed by atoms with Gasteiger partial charge in [-0.3, -0.25) is 16.0 Å². The molecule has 1 aliphatic heterocycles. The predicted molar refractivity (Wildman–Crippen MR) is 414 cm³/mol. The number of hydrogen-bond donors (Lipinski definition) is 2. The first-order valence-electron chi connectivity index (χ1n) is 39.8. The molecule has 0 unspecified atom stereocenters. The van der Waals surface area contributed by atoms with Gasteiger partial charge in [0.1, 0.15) is 12.2 Å². The largest absolute Gasteiger partial charge is 1.00 e. The van der Waals surface area contributed by atoms with Gasteiger partial charge in [0.25, 0.3) is 0 Å². The van der Waals surface area contributed by atoms with Crippen LogP contribution in [0.2, 0.25) is 39.3 Å². The topological polar surface area (TPSA) is 190 Å². The fourth-order valence-electron chi connectivity index (χ4n) is 23.6. The van der Waals surface area contributed by atoms with E-state index in [1.165, 1.54) is 120 Å². The maximum atomic E-state index is 13.6. The summed E-state index contributed by atoms with van der Waals surface area (Å²) in [5.41, 5.74) is 2.69. The summed E-state index contributed by atoms with van der Waals surface area (Å²) in [6.07, 6.45) is 27.6. The molecule has 8 aliphatic carbocycles. The fraction of sp³-hybridized carbons (Fsp3) is 0.788. The number of fused-ring (bicyclic) bond motifs is 10. The van der Waals surface area contributed by atoms with Crippen molar-refractivity contribution in [2.75, 3.05) is 13.2 Å². The average Bonchev–Trinajstić information content (AvgIpc) is 1.09. The Labute approximate surface area is 638 Å². The molecule has 2 aromatic carbocycles. The van der Waals surface area contributed by atoms with Gasteiger partial charge in [-0.2, -0.15) is 6.42 Å². The van der Waals surface area contributed by atoms with Crippen molar-refractivity contribution in [1.29, 1.82) is 0 Å². The van der Waals surface area contributed by atoms with Crippen LogP contribution in [0.1, 0.15) is 230 Å². The number of rotatable bonds is 21. The molecule has 0 bridgehead atoms. The van der Waals surface area contributed by atoms with Crippen LogP contribution in [0, 0.1) is 123 Å². The molecular weight excluding hydrogens is 1320 g/mol. The molecule has 0 spiro atoms. The number of carbonyl (C=O) groups is 4. The van der Waals surface area contributed by atoms with Gasteiger partial charge in [0.2, 0.25) is 5.91 Å². The van der Waals surface area contributed by atoms with E-state index in [-0.39, 0.29) is 49.0 Å². The van der Waals surface area contributed by atoms with E-state index in [2.05, 4.69) is 130 Å². The Hall–Kier alpha value is -3.01. The van der Waals surface area contributed by atoms with Crippen LogP contribution < -0.4 is 25.0 Å². The molecule has 23 atom stereocenters. The van der Waals surface area contributed by atoms with E-state index in [0.717, 1.165) is 66.3 Å². The Bertz CT molecular complexity index is 2980. The minimum Gasteiger partial charge on any atom is -0.677 e. The van der Waals surface area contributed by atoms with Gasteiger partial charge < -0.3 is 39.1 Å². The average molecular weight is 1460 g/mol. The zero-order valence-corrected chi connectivity index (χ0v) is 70.1. The molecule has 8 saturated carbocycles. The van der Waals surface area contributed by atoms with E-state index in [1.807, 2.05) is 55.0 Å². The Morgan fingerprint density at radius 3 is 1.47 bits per heavy atom. The number of benzene rings is 2. The monoisotopic (exact) mass is 1460 g/mol. The Morgan fingerprint density at radius 2 is 1.08 bits per heavy atom. The van der Waals surface area contributed by atoms with Crippen molar-refractivity contribution in [3.05, 3.63) is 78.2 Å². The first kappa shape index (κ1) is 87.9. The third-order valence-corrected chi connectivity index (χ3v) is 29.9. The number of nitrogens with zero attached hydrogens (tertiary/aromatic N) is 1. The summed E-state index contributed by atoms with van der Waals surface area (Å²) >= 11 is 4.90. The molecule has 17 heteroatoms. The molecule has 4 N–H and O–H groups in total. The summed E-state index contributed by atoms with van der Waals surface area (Å²) in [5, 5.41) is 9.30. The van der Waals surface area contributed by atoms with Crippen molar-refractivity contribution >= 4 is 58.1 Å². The van der Waals surface area contributed by atoms with Crippen LogP contribution >= 0.6 is 11.6 Å². The van der Waals surface area contributed by atoms with Crippen LogP contribution in [0.25, 0.3) is 0 Å². The molecule has 102 heavy (non-hydrogen) atoms. The summed E-state index contributed by atoms with van der Waals surface area (Å²) in [4.78, 5) is 58.6. The van der Waals surface area contributed by atoms with Crippen molar-refractivity contribution < 1.29 is 71.0 Å². The van der Waals surface area contributed by atoms with E-state index in [0.29, 0.717) is 108 Å². The van der Waals surface area contributed by atoms with Crippen LogP contribution in [0.5, 0.6) is 0 Å². The summed E-state index contributed by atoms with van der Waals surface area (Å²) < 4.78 is 29.0. The van der Waals surface area contributed by atoms with Gasteiger partial charge in [0.05, 0.1) is 18.2 Å². The molecule has 2 amide bonds. The van der Waals surface area contributed by atoms with Gasteiger partial charge >= 0.3 is 36.4 Å². The number of amides is 2. The number of carbonyl (C=O) groups excluding carboxylic acids is 4. The third kappa shape index (κ3) is 20.9. The standard InChI is InChI=1S/C40H63NO4Si.C30H54O3Si.C10H10O2.C5H9ClO2.Li.H3N/c1-9-30-34-23-26(2)19-21-40(34,5)33-20-22-39(4)31(16-17-32(39)36(33)37(30)45-46(6,7)8)27(3)15-18-35(42)41-29(25-44-38(41)43)24-28-13-11-10-12-14-28;1-9-21-25-18-19(2)14-16-30(25,5)24-15-17-29(4)22(20(3)10-13-26(31)32)11-12-23(29)27(24)28(21)33-34(6,7)8;11-9-12-8-4-7-10-5-2-1-3-6-10;1-5(2,3)8-4(6)7;;/h10-14,26-27,29-34,36-37H,9,15-25H2,1-8H3;19-25,27-28H,9-18H2,1-8H3,(H,31,32);1-6H,7-8H2;1-3H3;;1H3/q;;-2;;+1;/t26-,27-,29-,30-,31-,32+,33+,34+,36+,37-,39-,40-;19-,20-,21-,22-,23+,24+,25+,27+,28-,29-,30-;;;;/m11..../s1. The Kier molecular flexibility index (Phi) is 31.8. The summed E-state index contributed by atoms with van der Waals surface area (Å²) in [6, 6.07) is 19.9. The van der Waals surface area contributed by atoms with E-state index in [9.17, 15) is 29.1 Å². The van der Waals surface area contributed by atoms with Gasteiger partial charge in [-0.15, -0.1) is 0 Å². The smallest absolute Gasteiger partial charge is 0.677 e. The molecule has 13 nitrogen and oxygen atoms in total. The second-order valence-electron chi connectivity index (χ2n) is 37.5. The minimum atomic E-state index is -1.74. The van der Waals surface area contributed by atoms with Crippen molar-refractivity contribution in [3.63, 3.8) is 0 Å². The van der Waals surface area contributed by atoms with Crippen LogP contribution in [0.4, 0.5) is 9.59 Å². The molecule has 2 aromatic rings. The quantitative estimate of drug-likeness (QED) is 0.0396. The van der Waals surface area contributed by atoms with E-state index in [1.54, 1.807) is 20.8 Å². The van der Waals surface area contributed by atoms with Gasteiger partial charge in [0, 0.05) is 24.4 Å². The molecule has 0 aromatic heterocycles. The summed E-state index contributed by atoms with van der Waals surface area (Å²) in [5.74, 6) is 10.6. The van der Waals surface area contributed by atoms with Gasteiger partial charge in [0.15, 0.2) is 16.6 Å². The van der Waals surface area contributed by atoms with Crippen LogP contribution in [0.3, 0.4) is 0 Å². The number of ether oxygens (including phenoxy) is 3. The number of aliphatic carboxylic acids is 1. The number of imide groups is 1. The maximum Gasteiger partial charge on any atom is 1.00 e. The van der Waals surface area contributed by atoms with Crippen LogP contribution in [-0.4, -0.2) is 93.6 Å². The second kappa shape index (κ2) is 36.9. The Balaban J connectivity index is 0.000000254. The number of halogens is 1. The van der Waals surface area contributed by atoms with Crippen molar-refractivity contribution in [1.82, 2.24) is 11.1 Å². The maximum absolute atomic E-state index is 13.6. The van der Waals surface area contributed by atoms with Gasteiger partial charge in [-0.1, -0.05) is 174 Å². The van der Waals surface area contributed by atoms with Crippen LogP contribution in [-0.2, 0) is 50.3 Å². The first-order valence-corrected chi connectivity index (χ1v) is 47.0.